The molecule has 0 aliphatic rings. The number of hydrogen-bond acceptors (Lipinski definition) is 2. The Morgan fingerprint density at radius 2 is 1.71 bits per heavy atom. The number of anilines is 2. The number of carbonyl (C=O) groups is 2. The fraction of sp³-hybridized carbons (Fsp3) is 0.125. The Bertz CT molecular complexity index is 764. The van der Waals surface area contributed by atoms with Crippen molar-refractivity contribution >= 4 is 55.2 Å². The van der Waals surface area contributed by atoms with Crippen molar-refractivity contribution in [2.45, 2.75) is 6.92 Å². The predicted molar refractivity (Wildman–Crippen MR) is 98.9 cm³/mol. The molecule has 0 heterocycles. The highest BCUT2D eigenvalue weighted by Crippen LogP contribution is 2.24. The van der Waals surface area contributed by atoms with Crippen LogP contribution in [0.15, 0.2) is 45.3 Å². The molecule has 0 aliphatic heterocycles. The van der Waals surface area contributed by atoms with Gasteiger partial charge in [-0.05, 0) is 43.3 Å². The van der Waals surface area contributed by atoms with Crippen LogP contribution in [-0.2, 0) is 0 Å². The SMILES string of the molecule is CCNC(=O)c1ccc(F)cc1NC(=O)Nc1cc(Br)cc(Br)c1. The second kappa shape index (κ2) is 8.25. The van der Waals surface area contributed by atoms with E-state index in [0.29, 0.717) is 12.2 Å². The molecule has 0 aromatic heterocycles. The predicted octanol–water partition coefficient (Wildman–Crippen LogP) is 4.74. The zero-order valence-electron chi connectivity index (χ0n) is 12.6. The molecule has 0 saturated carbocycles. The third-order valence-electron chi connectivity index (χ3n) is 2.93. The quantitative estimate of drug-likeness (QED) is 0.619. The van der Waals surface area contributed by atoms with Crippen LogP contribution in [0.2, 0.25) is 0 Å². The molecule has 24 heavy (non-hydrogen) atoms. The van der Waals surface area contributed by atoms with Gasteiger partial charge in [0.25, 0.3) is 5.91 Å². The molecule has 0 aliphatic carbocycles. The van der Waals surface area contributed by atoms with Gasteiger partial charge in [-0.15, -0.1) is 0 Å². The second-order valence-electron chi connectivity index (χ2n) is 4.79. The molecular formula is C16H14Br2FN3O2. The van der Waals surface area contributed by atoms with Gasteiger partial charge in [0.15, 0.2) is 0 Å². The van der Waals surface area contributed by atoms with Crippen molar-refractivity contribution in [3.63, 3.8) is 0 Å². The van der Waals surface area contributed by atoms with Crippen molar-refractivity contribution in [1.29, 1.82) is 0 Å². The van der Waals surface area contributed by atoms with Gasteiger partial charge in [-0.2, -0.15) is 0 Å². The number of benzene rings is 2. The first kappa shape index (κ1) is 18.4. The lowest BCUT2D eigenvalue weighted by Crippen LogP contribution is -2.26. The molecular weight excluding hydrogens is 445 g/mol. The van der Waals surface area contributed by atoms with Crippen LogP contribution in [0.3, 0.4) is 0 Å². The molecule has 126 valence electrons. The van der Waals surface area contributed by atoms with E-state index in [4.69, 9.17) is 0 Å². The smallest absolute Gasteiger partial charge is 0.323 e. The first-order valence-electron chi connectivity index (χ1n) is 7.01. The highest BCUT2D eigenvalue weighted by Gasteiger charge is 2.14. The molecule has 2 aromatic rings. The molecule has 0 atom stereocenters. The van der Waals surface area contributed by atoms with Crippen molar-refractivity contribution < 1.29 is 14.0 Å². The Balaban J connectivity index is 2.18. The Hall–Kier alpha value is -1.93. The average molecular weight is 459 g/mol. The summed E-state index contributed by atoms with van der Waals surface area (Å²) >= 11 is 6.65. The molecule has 0 saturated heterocycles. The summed E-state index contributed by atoms with van der Waals surface area (Å²) in [5.41, 5.74) is 0.807. The first-order valence-corrected chi connectivity index (χ1v) is 8.59. The van der Waals surface area contributed by atoms with Crippen molar-refractivity contribution in [3.8, 4) is 0 Å². The van der Waals surface area contributed by atoms with Gasteiger partial charge in [0.1, 0.15) is 5.82 Å². The van der Waals surface area contributed by atoms with Crippen LogP contribution in [-0.4, -0.2) is 18.5 Å². The molecule has 3 N–H and O–H groups in total. The maximum atomic E-state index is 13.5. The molecule has 8 heteroatoms. The third-order valence-corrected chi connectivity index (χ3v) is 3.85. The van der Waals surface area contributed by atoms with Crippen molar-refractivity contribution in [2.75, 3.05) is 17.2 Å². The molecule has 5 nitrogen and oxygen atoms in total. The van der Waals surface area contributed by atoms with E-state index in [-0.39, 0.29) is 11.3 Å². The second-order valence-corrected chi connectivity index (χ2v) is 6.62. The lowest BCUT2D eigenvalue weighted by atomic mass is 10.1. The summed E-state index contributed by atoms with van der Waals surface area (Å²) in [6.45, 7) is 2.19. The number of halogens is 3. The molecule has 2 aromatic carbocycles. The minimum atomic E-state index is -0.587. The summed E-state index contributed by atoms with van der Waals surface area (Å²) in [7, 11) is 0. The van der Waals surface area contributed by atoms with Crippen molar-refractivity contribution in [1.82, 2.24) is 5.32 Å². The van der Waals surface area contributed by atoms with Crippen LogP contribution in [0, 0.1) is 5.82 Å². The molecule has 0 bridgehead atoms. The normalized spacial score (nSPS) is 10.2. The summed E-state index contributed by atoms with van der Waals surface area (Å²) in [6.07, 6.45) is 0. The lowest BCUT2D eigenvalue weighted by Gasteiger charge is -2.12. The van der Waals surface area contributed by atoms with E-state index in [1.807, 2.05) is 6.07 Å². The molecule has 0 unspecified atom stereocenters. The molecule has 0 spiro atoms. The van der Waals surface area contributed by atoms with Gasteiger partial charge in [0, 0.05) is 21.2 Å². The first-order chi connectivity index (χ1) is 11.4. The van der Waals surface area contributed by atoms with Gasteiger partial charge in [-0.3, -0.25) is 4.79 Å². The van der Waals surface area contributed by atoms with Crippen LogP contribution in [0.25, 0.3) is 0 Å². The maximum absolute atomic E-state index is 13.5. The van der Waals surface area contributed by atoms with Gasteiger partial charge in [-0.25, -0.2) is 9.18 Å². The Morgan fingerprint density at radius 1 is 1.04 bits per heavy atom. The summed E-state index contributed by atoms with van der Waals surface area (Å²) in [5, 5.41) is 7.74. The van der Waals surface area contributed by atoms with Crippen LogP contribution in [0.1, 0.15) is 17.3 Å². The third kappa shape index (κ3) is 5.04. The summed E-state index contributed by atoms with van der Waals surface area (Å²) in [4.78, 5) is 24.1. The van der Waals surface area contributed by atoms with Gasteiger partial charge < -0.3 is 16.0 Å². The van der Waals surface area contributed by atoms with E-state index >= 15 is 0 Å². The van der Waals surface area contributed by atoms with Crippen molar-refractivity contribution in [2.24, 2.45) is 0 Å². The zero-order valence-corrected chi connectivity index (χ0v) is 15.8. The number of rotatable bonds is 4. The van der Waals surface area contributed by atoms with Crippen LogP contribution < -0.4 is 16.0 Å². The number of nitrogens with one attached hydrogen (secondary N) is 3. The largest absolute Gasteiger partial charge is 0.352 e. The fourth-order valence-corrected chi connectivity index (χ4v) is 3.28. The maximum Gasteiger partial charge on any atom is 0.323 e. The fourth-order valence-electron chi connectivity index (χ4n) is 1.98. The van der Waals surface area contributed by atoms with Crippen LogP contribution in [0.5, 0.6) is 0 Å². The van der Waals surface area contributed by atoms with Crippen LogP contribution in [0.4, 0.5) is 20.6 Å². The molecule has 0 fully saturated rings. The van der Waals surface area contributed by atoms with E-state index in [2.05, 4.69) is 47.8 Å². The minimum Gasteiger partial charge on any atom is -0.352 e. The monoisotopic (exact) mass is 457 g/mol. The van der Waals surface area contributed by atoms with E-state index in [1.54, 1.807) is 19.1 Å². The van der Waals surface area contributed by atoms with E-state index in [0.717, 1.165) is 15.0 Å². The van der Waals surface area contributed by atoms with E-state index in [9.17, 15) is 14.0 Å². The topological polar surface area (TPSA) is 70.2 Å². The zero-order chi connectivity index (χ0) is 17.7. The average Bonchev–Trinajstić information content (AvgIpc) is 2.46. The Morgan fingerprint density at radius 3 is 2.33 bits per heavy atom. The molecule has 2 rings (SSSR count). The number of urea groups is 1. The van der Waals surface area contributed by atoms with Crippen LogP contribution >= 0.6 is 31.9 Å². The summed E-state index contributed by atoms with van der Waals surface area (Å²) in [5.74, 6) is -0.943. The lowest BCUT2D eigenvalue weighted by molar-refractivity contribution is 0.0956. The Kier molecular flexibility index (Phi) is 6.33. The molecule has 0 radical (unpaired) electrons. The highest BCUT2D eigenvalue weighted by atomic mass is 79.9. The Labute approximate surface area is 155 Å². The number of amides is 3. The van der Waals surface area contributed by atoms with Gasteiger partial charge >= 0.3 is 6.03 Å². The van der Waals surface area contributed by atoms with E-state index < -0.39 is 17.8 Å². The number of hydrogen-bond donors (Lipinski definition) is 3. The standard InChI is InChI=1S/C16H14Br2FN3O2/c1-2-20-15(23)13-4-3-11(19)8-14(13)22-16(24)21-12-6-9(17)5-10(18)7-12/h3-8H,2H2,1H3,(H,20,23)(H2,21,22,24). The van der Waals surface area contributed by atoms with E-state index in [1.165, 1.54) is 12.1 Å². The minimum absolute atomic E-state index is 0.0903. The van der Waals surface area contributed by atoms with Gasteiger partial charge in [-0.1, -0.05) is 31.9 Å². The van der Waals surface area contributed by atoms with Gasteiger partial charge in [0.05, 0.1) is 11.3 Å². The molecule has 3 amide bonds. The highest BCUT2D eigenvalue weighted by molar-refractivity contribution is 9.11. The van der Waals surface area contributed by atoms with Gasteiger partial charge in [0.2, 0.25) is 0 Å². The summed E-state index contributed by atoms with van der Waals surface area (Å²) < 4.78 is 15.0. The number of carbonyl (C=O) groups excluding carboxylic acids is 2. The summed E-state index contributed by atoms with van der Waals surface area (Å²) in [6, 6.07) is 8.24. The van der Waals surface area contributed by atoms with Crippen molar-refractivity contribution in [3.05, 3.63) is 56.7 Å².